The van der Waals surface area contributed by atoms with Crippen LogP contribution in [0.15, 0.2) is 83.6 Å². The molecule has 0 saturated heterocycles. The first-order valence-corrected chi connectivity index (χ1v) is 9.29. The highest BCUT2D eigenvalue weighted by molar-refractivity contribution is 5.92. The molecule has 1 N–H and O–H groups in total. The summed E-state index contributed by atoms with van der Waals surface area (Å²) in [6.45, 7) is 0.751. The average Bonchev–Trinajstić information content (AvgIpc) is 3.28. The van der Waals surface area contributed by atoms with Crippen LogP contribution >= 0.6 is 0 Å². The number of aromatic nitrogens is 2. The lowest BCUT2D eigenvalue weighted by molar-refractivity contribution is 0.0914. The van der Waals surface area contributed by atoms with E-state index in [1.54, 1.807) is 24.5 Å². The third kappa shape index (κ3) is 4.88. The topological polar surface area (TPSA) is 77.2 Å². The first-order chi connectivity index (χ1) is 14.7. The molecule has 0 aliphatic carbocycles. The molecule has 2 aromatic carbocycles. The molecule has 6 nitrogen and oxygen atoms in total. The summed E-state index contributed by atoms with van der Waals surface area (Å²) in [7, 11) is 0. The second-order valence-corrected chi connectivity index (χ2v) is 6.56. The zero-order valence-electron chi connectivity index (χ0n) is 15.9. The SMILES string of the molecule is O=C(NCc1ccc(OCc2cccnc2)cc1)c1cc(-c2cccc(F)c2)no1. The van der Waals surface area contributed by atoms with Crippen LogP contribution in [-0.2, 0) is 13.2 Å². The Morgan fingerprint density at radius 1 is 1.03 bits per heavy atom. The van der Waals surface area contributed by atoms with Crippen molar-refractivity contribution in [2.24, 2.45) is 0 Å². The number of halogens is 1. The molecule has 0 bridgehead atoms. The number of benzene rings is 2. The van der Waals surface area contributed by atoms with Gasteiger partial charge in [0.25, 0.3) is 5.91 Å². The predicted molar refractivity (Wildman–Crippen MR) is 108 cm³/mol. The van der Waals surface area contributed by atoms with Gasteiger partial charge < -0.3 is 14.6 Å². The minimum Gasteiger partial charge on any atom is -0.489 e. The number of carbonyl (C=O) groups is 1. The summed E-state index contributed by atoms with van der Waals surface area (Å²) in [4.78, 5) is 16.4. The van der Waals surface area contributed by atoms with E-state index in [-0.39, 0.29) is 11.6 Å². The van der Waals surface area contributed by atoms with Crippen LogP contribution < -0.4 is 10.1 Å². The third-order valence-electron chi connectivity index (χ3n) is 4.36. The molecule has 150 valence electrons. The van der Waals surface area contributed by atoms with Gasteiger partial charge in [-0.1, -0.05) is 35.5 Å². The molecular weight excluding hydrogens is 385 g/mol. The van der Waals surface area contributed by atoms with Crippen molar-refractivity contribution >= 4 is 5.91 Å². The van der Waals surface area contributed by atoms with Gasteiger partial charge in [0.1, 0.15) is 23.9 Å². The second kappa shape index (κ2) is 9.00. The molecule has 7 heteroatoms. The van der Waals surface area contributed by atoms with Crippen LogP contribution in [0.4, 0.5) is 4.39 Å². The number of pyridine rings is 1. The number of ether oxygens (including phenoxy) is 1. The molecule has 2 aromatic heterocycles. The van der Waals surface area contributed by atoms with E-state index in [0.717, 1.165) is 16.9 Å². The molecule has 0 aliphatic heterocycles. The zero-order chi connectivity index (χ0) is 20.8. The number of amides is 1. The largest absolute Gasteiger partial charge is 0.489 e. The lowest BCUT2D eigenvalue weighted by atomic mass is 10.1. The molecule has 1 amide bonds. The average molecular weight is 403 g/mol. The fourth-order valence-corrected chi connectivity index (χ4v) is 2.79. The minimum atomic E-state index is -0.401. The highest BCUT2D eigenvalue weighted by Gasteiger charge is 2.14. The Balaban J connectivity index is 1.31. The summed E-state index contributed by atoms with van der Waals surface area (Å²) in [5.74, 6) is 0.00556. The van der Waals surface area contributed by atoms with Crippen molar-refractivity contribution < 1.29 is 18.4 Å². The first kappa shape index (κ1) is 19.3. The highest BCUT2D eigenvalue weighted by atomic mass is 19.1. The molecule has 0 unspecified atom stereocenters. The van der Waals surface area contributed by atoms with Crippen LogP contribution in [0.5, 0.6) is 5.75 Å². The van der Waals surface area contributed by atoms with Crippen molar-refractivity contribution in [2.75, 3.05) is 0 Å². The van der Waals surface area contributed by atoms with Crippen molar-refractivity contribution in [3.8, 4) is 17.0 Å². The second-order valence-electron chi connectivity index (χ2n) is 6.56. The van der Waals surface area contributed by atoms with E-state index in [9.17, 15) is 9.18 Å². The first-order valence-electron chi connectivity index (χ1n) is 9.29. The summed E-state index contributed by atoms with van der Waals surface area (Å²) in [5, 5.41) is 6.61. The zero-order valence-corrected chi connectivity index (χ0v) is 15.9. The molecule has 0 spiro atoms. The van der Waals surface area contributed by atoms with Crippen LogP contribution in [0.3, 0.4) is 0 Å². The van der Waals surface area contributed by atoms with E-state index in [4.69, 9.17) is 9.26 Å². The third-order valence-corrected chi connectivity index (χ3v) is 4.36. The van der Waals surface area contributed by atoms with Gasteiger partial charge in [0.2, 0.25) is 5.76 Å². The molecule has 0 radical (unpaired) electrons. The lowest BCUT2D eigenvalue weighted by Crippen LogP contribution is -2.22. The Bertz CT molecular complexity index is 1130. The van der Waals surface area contributed by atoms with Crippen LogP contribution in [0.25, 0.3) is 11.3 Å². The van der Waals surface area contributed by atoms with Gasteiger partial charge in [-0.2, -0.15) is 0 Å². The van der Waals surface area contributed by atoms with Crippen LogP contribution in [-0.4, -0.2) is 16.0 Å². The summed E-state index contributed by atoms with van der Waals surface area (Å²) in [6.07, 6.45) is 3.47. The maximum Gasteiger partial charge on any atom is 0.290 e. The molecule has 0 saturated carbocycles. The van der Waals surface area contributed by atoms with E-state index in [0.29, 0.717) is 24.4 Å². The van der Waals surface area contributed by atoms with E-state index < -0.39 is 5.91 Å². The number of nitrogens with zero attached hydrogens (tertiary/aromatic N) is 2. The summed E-state index contributed by atoms with van der Waals surface area (Å²) in [5.41, 5.74) is 2.83. The Hall–Kier alpha value is -4.00. The molecule has 0 fully saturated rings. The molecule has 0 aliphatic rings. The normalized spacial score (nSPS) is 10.6. The number of hydrogen-bond acceptors (Lipinski definition) is 5. The lowest BCUT2D eigenvalue weighted by Gasteiger charge is -2.07. The van der Waals surface area contributed by atoms with Gasteiger partial charge in [-0.05, 0) is 35.9 Å². The molecule has 2 heterocycles. The smallest absolute Gasteiger partial charge is 0.290 e. The monoisotopic (exact) mass is 403 g/mol. The maximum absolute atomic E-state index is 13.3. The standard InChI is InChI=1S/C23H18FN3O3/c24-19-5-1-4-18(11-19)21-12-22(30-27-21)23(28)26-14-16-6-8-20(9-7-16)29-15-17-3-2-10-25-13-17/h1-13H,14-15H2,(H,26,28). The van der Waals surface area contributed by atoms with Crippen molar-refractivity contribution in [2.45, 2.75) is 13.2 Å². The van der Waals surface area contributed by atoms with Gasteiger partial charge in [0.15, 0.2) is 0 Å². The van der Waals surface area contributed by atoms with E-state index >= 15 is 0 Å². The summed E-state index contributed by atoms with van der Waals surface area (Å²) < 4.78 is 24.2. The number of hydrogen-bond donors (Lipinski definition) is 1. The van der Waals surface area contributed by atoms with E-state index in [1.807, 2.05) is 36.4 Å². The van der Waals surface area contributed by atoms with Crippen molar-refractivity contribution in [3.63, 3.8) is 0 Å². The quantitative estimate of drug-likeness (QED) is 0.495. The van der Waals surface area contributed by atoms with Gasteiger partial charge in [-0.3, -0.25) is 9.78 Å². The molecule has 4 rings (SSSR count). The Morgan fingerprint density at radius 2 is 1.90 bits per heavy atom. The summed E-state index contributed by atoms with van der Waals surface area (Å²) in [6, 6.07) is 18.7. The van der Waals surface area contributed by atoms with E-state index in [1.165, 1.54) is 18.2 Å². The molecule has 30 heavy (non-hydrogen) atoms. The Labute approximate surface area is 172 Å². The van der Waals surface area contributed by atoms with E-state index in [2.05, 4.69) is 15.5 Å². The maximum atomic E-state index is 13.3. The summed E-state index contributed by atoms with van der Waals surface area (Å²) >= 11 is 0. The Morgan fingerprint density at radius 3 is 2.67 bits per heavy atom. The van der Waals surface area contributed by atoms with Crippen LogP contribution in [0.1, 0.15) is 21.7 Å². The van der Waals surface area contributed by atoms with Gasteiger partial charge in [-0.25, -0.2) is 4.39 Å². The molecule has 0 atom stereocenters. The number of nitrogens with one attached hydrogen (secondary N) is 1. The fraction of sp³-hybridized carbons (Fsp3) is 0.0870. The van der Waals surface area contributed by atoms with Gasteiger partial charge in [0, 0.05) is 36.1 Å². The molecular formula is C23H18FN3O3. The van der Waals surface area contributed by atoms with Crippen molar-refractivity contribution in [1.29, 1.82) is 0 Å². The van der Waals surface area contributed by atoms with Crippen LogP contribution in [0, 0.1) is 5.82 Å². The fourth-order valence-electron chi connectivity index (χ4n) is 2.79. The Kier molecular flexibility index (Phi) is 5.80. The van der Waals surface area contributed by atoms with Crippen molar-refractivity contribution in [1.82, 2.24) is 15.5 Å². The van der Waals surface area contributed by atoms with Gasteiger partial charge in [-0.15, -0.1) is 0 Å². The number of carbonyl (C=O) groups excluding carboxylic acids is 1. The van der Waals surface area contributed by atoms with Gasteiger partial charge >= 0.3 is 0 Å². The predicted octanol–water partition coefficient (Wildman–Crippen LogP) is 4.38. The van der Waals surface area contributed by atoms with Crippen molar-refractivity contribution in [3.05, 3.63) is 102 Å². The minimum absolute atomic E-state index is 0.0608. The van der Waals surface area contributed by atoms with Gasteiger partial charge in [0.05, 0.1) is 0 Å². The number of rotatable bonds is 7. The van der Waals surface area contributed by atoms with Crippen LogP contribution in [0.2, 0.25) is 0 Å². The molecule has 4 aromatic rings. The highest BCUT2D eigenvalue weighted by Crippen LogP contribution is 2.20.